The maximum Gasteiger partial charge on any atom is 0.255 e. The summed E-state index contributed by atoms with van der Waals surface area (Å²) in [4.78, 5) is 24.9. The van der Waals surface area contributed by atoms with Crippen LogP contribution in [0.15, 0.2) is 72.8 Å². The highest BCUT2D eigenvalue weighted by atomic mass is 16.5. The molecule has 31 heavy (non-hydrogen) atoms. The third-order valence-electron chi connectivity index (χ3n) is 5.04. The lowest BCUT2D eigenvalue weighted by Crippen LogP contribution is -2.23. The zero-order chi connectivity index (χ0) is 22.4. The fourth-order valence-electron chi connectivity index (χ4n) is 3.12. The normalized spacial score (nSPS) is 11.0. The quantitative estimate of drug-likeness (QED) is 0.582. The van der Waals surface area contributed by atoms with Gasteiger partial charge in [-0.05, 0) is 52.9 Å². The van der Waals surface area contributed by atoms with E-state index in [1.165, 1.54) is 5.56 Å². The Bertz CT molecular complexity index is 1050. The molecule has 2 N–H and O–H groups in total. The molecular formula is C26H28N2O3. The zero-order valence-corrected chi connectivity index (χ0v) is 18.4. The van der Waals surface area contributed by atoms with E-state index in [1.54, 1.807) is 31.4 Å². The monoisotopic (exact) mass is 416 g/mol. The first-order valence-corrected chi connectivity index (χ1v) is 10.2. The highest BCUT2D eigenvalue weighted by Crippen LogP contribution is 2.24. The van der Waals surface area contributed by atoms with Gasteiger partial charge < -0.3 is 15.4 Å². The highest BCUT2D eigenvalue weighted by molar-refractivity contribution is 6.05. The lowest BCUT2D eigenvalue weighted by molar-refractivity contribution is 0.0949. The molecule has 0 spiro atoms. The van der Waals surface area contributed by atoms with Crippen molar-refractivity contribution in [3.05, 3.63) is 95.1 Å². The molecule has 3 aromatic rings. The molecule has 0 heterocycles. The molecule has 5 nitrogen and oxygen atoms in total. The van der Waals surface area contributed by atoms with E-state index in [4.69, 9.17) is 4.74 Å². The Hall–Kier alpha value is -3.60. The number of carbonyl (C=O) groups is 2. The lowest BCUT2D eigenvalue weighted by atomic mass is 9.87. The van der Waals surface area contributed by atoms with E-state index in [0.29, 0.717) is 29.1 Å². The number of methoxy groups -OCH3 is 1. The molecule has 0 bridgehead atoms. The highest BCUT2D eigenvalue weighted by Gasteiger charge is 2.14. The van der Waals surface area contributed by atoms with Crippen LogP contribution in [0.3, 0.4) is 0 Å². The van der Waals surface area contributed by atoms with Gasteiger partial charge in [-0.25, -0.2) is 0 Å². The molecule has 3 aromatic carbocycles. The van der Waals surface area contributed by atoms with Crippen molar-refractivity contribution in [2.24, 2.45) is 0 Å². The summed E-state index contributed by atoms with van der Waals surface area (Å²) in [5.41, 5.74) is 3.91. The Balaban J connectivity index is 1.58. The van der Waals surface area contributed by atoms with Crippen LogP contribution < -0.4 is 15.4 Å². The van der Waals surface area contributed by atoms with Crippen molar-refractivity contribution in [2.45, 2.75) is 32.7 Å². The summed E-state index contributed by atoms with van der Waals surface area (Å²) >= 11 is 0. The maximum atomic E-state index is 12.5. The van der Waals surface area contributed by atoms with Gasteiger partial charge in [0, 0.05) is 17.7 Å². The van der Waals surface area contributed by atoms with E-state index < -0.39 is 0 Å². The molecule has 0 radical (unpaired) electrons. The van der Waals surface area contributed by atoms with Gasteiger partial charge in [-0.15, -0.1) is 0 Å². The van der Waals surface area contributed by atoms with Gasteiger partial charge in [0.1, 0.15) is 5.75 Å². The van der Waals surface area contributed by atoms with E-state index in [2.05, 4.69) is 31.4 Å². The van der Waals surface area contributed by atoms with E-state index in [1.807, 2.05) is 48.5 Å². The second kappa shape index (κ2) is 9.47. The SMILES string of the molecule is COc1ccccc1NC(=O)c1ccc(CNC(=O)c2ccc(C(C)(C)C)cc2)cc1. The molecule has 160 valence electrons. The van der Waals surface area contributed by atoms with Gasteiger partial charge in [0.05, 0.1) is 12.8 Å². The van der Waals surface area contributed by atoms with E-state index in [-0.39, 0.29) is 17.2 Å². The minimum absolute atomic E-state index is 0.0503. The largest absolute Gasteiger partial charge is 0.495 e. The predicted molar refractivity (Wildman–Crippen MR) is 124 cm³/mol. The number of anilines is 1. The van der Waals surface area contributed by atoms with Gasteiger partial charge in [0.15, 0.2) is 0 Å². The van der Waals surface area contributed by atoms with Crippen molar-refractivity contribution in [1.82, 2.24) is 5.32 Å². The van der Waals surface area contributed by atoms with Crippen LogP contribution in [0.25, 0.3) is 0 Å². The summed E-state index contributed by atoms with van der Waals surface area (Å²) in [7, 11) is 1.56. The number of hydrogen-bond donors (Lipinski definition) is 2. The third kappa shape index (κ3) is 5.72. The summed E-state index contributed by atoms with van der Waals surface area (Å²) in [6.45, 7) is 6.81. The number of rotatable bonds is 6. The number of ether oxygens (including phenoxy) is 1. The minimum atomic E-state index is -0.223. The molecule has 0 aromatic heterocycles. The Kier molecular flexibility index (Phi) is 6.75. The third-order valence-corrected chi connectivity index (χ3v) is 5.04. The molecule has 3 rings (SSSR count). The summed E-state index contributed by atoms with van der Waals surface area (Å²) in [6.07, 6.45) is 0. The van der Waals surface area contributed by atoms with Gasteiger partial charge in [-0.1, -0.05) is 57.2 Å². The van der Waals surface area contributed by atoms with Gasteiger partial charge in [0.25, 0.3) is 11.8 Å². The molecule has 0 atom stereocenters. The van der Waals surface area contributed by atoms with Gasteiger partial charge in [-0.3, -0.25) is 9.59 Å². The summed E-state index contributed by atoms with van der Waals surface area (Å²) in [5.74, 6) is 0.253. The van der Waals surface area contributed by atoms with Crippen LogP contribution >= 0.6 is 0 Å². The van der Waals surface area contributed by atoms with Crippen molar-refractivity contribution in [1.29, 1.82) is 0 Å². The second-order valence-electron chi connectivity index (χ2n) is 8.36. The molecule has 0 aliphatic heterocycles. The lowest BCUT2D eigenvalue weighted by Gasteiger charge is -2.19. The van der Waals surface area contributed by atoms with Gasteiger partial charge in [0.2, 0.25) is 0 Å². The van der Waals surface area contributed by atoms with Crippen molar-refractivity contribution in [3.63, 3.8) is 0 Å². The number of carbonyl (C=O) groups excluding carboxylic acids is 2. The molecule has 2 amide bonds. The summed E-state index contributed by atoms with van der Waals surface area (Å²) < 4.78 is 5.26. The average Bonchev–Trinajstić information content (AvgIpc) is 2.77. The first-order valence-electron chi connectivity index (χ1n) is 10.2. The van der Waals surface area contributed by atoms with Gasteiger partial charge >= 0.3 is 0 Å². The van der Waals surface area contributed by atoms with Crippen LogP contribution in [-0.2, 0) is 12.0 Å². The summed E-state index contributed by atoms with van der Waals surface area (Å²) in [6, 6.07) is 22.1. The van der Waals surface area contributed by atoms with Crippen LogP contribution in [-0.4, -0.2) is 18.9 Å². The van der Waals surface area contributed by atoms with Crippen molar-refractivity contribution >= 4 is 17.5 Å². The number of nitrogens with one attached hydrogen (secondary N) is 2. The van der Waals surface area contributed by atoms with Crippen LogP contribution in [0.5, 0.6) is 5.75 Å². The van der Waals surface area contributed by atoms with E-state index in [0.717, 1.165) is 5.56 Å². The first-order chi connectivity index (χ1) is 14.8. The van der Waals surface area contributed by atoms with Crippen LogP contribution in [0, 0.1) is 0 Å². The molecule has 0 saturated carbocycles. The number of amides is 2. The van der Waals surface area contributed by atoms with Gasteiger partial charge in [-0.2, -0.15) is 0 Å². The maximum absolute atomic E-state index is 12.5. The number of para-hydroxylation sites is 2. The van der Waals surface area contributed by atoms with Crippen molar-refractivity contribution in [2.75, 3.05) is 12.4 Å². The van der Waals surface area contributed by atoms with Crippen LogP contribution in [0.4, 0.5) is 5.69 Å². The number of benzene rings is 3. The molecule has 0 fully saturated rings. The van der Waals surface area contributed by atoms with E-state index >= 15 is 0 Å². The molecule has 5 heteroatoms. The molecule has 0 unspecified atom stereocenters. The fourth-order valence-corrected chi connectivity index (χ4v) is 3.12. The summed E-state index contributed by atoms with van der Waals surface area (Å²) in [5, 5.41) is 5.77. The second-order valence-corrected chi connectivity index (χ2v) is 8.36. The van der Waals surface area contributed by atoms with Crippen LogP contribution in [0.1, 0.15) is 52.6 Å². The van der Waals surface area contributed by atoms with Crippen LogP contribution in [0.2, 0.25) is 0 Å². The topological polar surface area (TPSA) is 67.4 Å². The van der Waals surface area contributed by atoms with Crippen molar-refractivity contribution in [3.8, 4) is 5.75 Å². The fraction of sp³-hybridized carbons (Fsp3) is 0.231. The Morgan fingerprint density at radius 2 is 1.39 bits per heavy atom. The molecule has 0 aliphatic rings. The van der Waals surface area contributed by atoms with Crippen molar-refractivity contribution < 1.29 is 14.3 Å². The first kappa shape index (κ1) is 22.1. The Morgan fingerprint density at radius 1 is 0.806 bits per heavy atom. The van der Waals surface area contributed by atoms with E-state index in [9.17, 15) is 9.59 Å². The Labute approximate surface area is 183 Å². The smallest absolute Gasteiger partial charge is 0.255 e. The predicted octanol–water partition coefficient (Wildman–Crippen LogP) is 5.18. The zero-order valence-electron chi connectivity index (χ0n) is 18.4. The molecule has 0 aliphatic carbocycles. The number of hydrogen-bond acceptors (Lipinski definition) is 3. The Morgan fingerprint density at radius 3 is 2.00 bits per heavy atom. The minimum Gasteiger partial charge on any atom is -0.495 e. The molecule has 0 saturated heterocycles. The average molecular weight is 417 g/mol. The standard InChI is InChI=1S/C26H28N2O3/c1-26(2,3)21-15-13-19(14-16-21)24(29)27-17-18-9-11-20(12-10-18)25(30)28-22-7-5-6-8-23(22)31-4/h5-16H,17H2,1-4H3,(H,27,29)(H,28,30). The molecular weight excluding hydrogens is 388 g/mol.